The quantitative estimate of drug-likeness (QED) is 0.857. The van der Waals surface area contributed by atoms with E-state index in [1.807, 2.05) is 20.8 Å². The van der Waals surface area contributed by atoms with Crippen LogP contribution in [0.1, 0.15) is 32.4 Å². The summed E-state index contributed by atoms with van der Waals surface area (Å²) in [5.74, 6) is -1.07. The number of carboxylic acids is 1. The Morgan fingerprint density at radius 3 is 2.26 bits per heavy atom. The van der Waals surface area contributed by atoms with E-state index in [1.165, 1.54) is 0 Å². The van der Waals surface area contributed by atoms with Crippen molar-refractivity contribution in [2.45, 2.75) is 32.9 Å². The second-order valence-electron chi connectivity index (χ2n) is 4.51. The molecule has 0 heterocycles. The molecule has 0 spiro atoms. The number of rotatable bonds is 5. The minimum atomic E-state index is -1.07. The maximum atomic E-state index is 12.1. The zero-order valence-corrected chi connectivity index (χ0v) is 11.5. The Morgan fingerprint density at radius 2 is 1.84 bits per heavy atom. The Kier molecular flexibility index (Phi) is 5.36. The van der Waals surface area contributed by atoms with Gasteiger partial charge in [-0.3, -0.25) is 0 Å². The number of urea groups is 1. The number of benzene rings is 1. The number of aliphatic carboxylic acids is 1. The molecule has 5 nitrogen and oxygen atoms in total. The Balaban J connectivity index is 2.86. The average molecular weight is 264 g/mol. The van der Waals surface area contributed by atoms with Crippen molar-refractivity contribution in [1.82, 2.24) is 10.2 Å². The lowest BCUT2D eigenvalue weighted by Crippen LogP contribution is -2.46. The lowest BCUT2D eigenvalue weighted by atomic mass is 10.1. The van der Waals surface area contributed by atoms with Gasteiger partial charge in [0.25, 0.3) is 0 Å². The molecule has 0 saturated heterocycles. The summed E-state index contributed by atoms with van der Waals surface area (Å²) in [6.07, 6.45) is 0. The van der Waals surface area contributed by atoms with Crippen LogP contribution >= 0.6 is 0 Å². The summed E-state index contributed by atoms with van der Waals surface area (Å²) in [7, 11) is 0. The number of hydrogen-bond acceptors (Lipinski definition) is 2. The first kappa shape index (κ1) is 15.0. The van der Waals surface area contributed by atoms with Crippen LogP contribution in [0.3, 0.4) is 0 Å². The third-order valence-corrected chi connectivity index (χ3v) is 2.87. The highest BCUT2D eigenvalue weighted by molar-refractivity contribution is 5.83. The van der Waals surface area contributed by atoms with Crippen molar-refractivity contribution in [3.05, 3.63) is 35.9 Å². The number of carboxylic acid groups (broad SMARTS) is 1. The topological polar surface area (TPSA) is 69.6 Å². The molecular formula is C14H20N2O3. The number of carbonyl (C=O) groups is 2. The Hall–Kier alpha value is -2.04. The first-order chi connectivity index (χ1) is 8.97. The summed E-state index contributed by atoms with van der Waals surface area (Å²) >= 11 is 0. The zero-order valence-electron chi connectivity index (χ0n) is 11.5. The summed E-state index contributed by atoms with van der Waals surface area (Å²) in [6, 6.07) is 7.30. The Morgan fingerprint density at radius 1 is 1.26 bits per heavy atom. The molecule has 1 aromatic rings. The van der Waals surface area contributed by atoms with Crippen LogP contribution in [0.2, 0.25) is 0 Å². The molecule has 2 N–H and O–H groups in total. The molecule has 1 aromatic carbocycles. The molecule has 0 radical (unpaired) electrons. The summed E-state index contributed by atoms with van der Waals surface area (Å²) in [5.41, 5.74) is 0.558. The molecule has 19 heavy (non-hydrogen) atoms. The molecule has 0 saturated carbocycles. The van der Waals surface area contributed by atoms with Gasteiger partial charge in [0.05, 0.1) is 0 Å². The maximum absolute atomic E-state index is 12.1. The number of hydrogen-bond donors (Lipinski definition) is 2. The van der Waals surface area contributed by atoms with Crippen LogP contribution in [-0.4, -0.2) is 34.6 Å². The van der Waals surface area contributed by atoms with Crippen LogP contribution in [0, 0.1) is 0 Å². The van der Waals surface area contributed by atoms with E-state index >= 15 is 0 Å². The van der Waals surface area contributed by atoms with Gasteiger partial charge >= 0.3 is 12.0 Å². The van der Waals surface area contributed by atoms with E-state index in [1.54, 1.807) is 35.2 Å². The predicted molar refractivity (Wildman–Crippen MR) is 72.9 cm³/mol. The van der Waals surface area contributed by atoms with Gasteiger partial charge in [0.2, 0.25) is 0 Å². The molecule has 5 heteroatoms. The van der Waals surface area contributed by atoms with Crippen molar-refractivity contribution in [2.75, 3.05) is 6.54 Å². The molecular weight excluding hydrogens is 244 g/mol. The third-order valence-electron chi connectivity index (χ3n) is 2.87. The molecule has 1 unspecified atom stereocenters. The van der Waals surface area contributed by atoms with Crippen molar-refractivity contribution in [2.24, 2.45) is 0 Å². The Bertz CT molecular complexity index is 432. The van der Waals surface area contributed by atoms with E-state index in [2.05, 4.69) is 5.32 Å². The first-order valence-corrected chi connectivity index (χ1v) is 6.32. The highest BCUT2D eigenvalue weighted by atomic mass is 16.4. The normalized spacial score (nSPS) is 12.0. The fourth-order valence-electron chi connectivity index (χ4n) is 1.88. The minimum absolute atomic E-state index is 0.0234. The molecule has 1 atom stereocenters. The Labute approximate surface area is 113 Å². The molecule has 104 valence electrons. The maximum Gasteiger partial charge on any atom is 0.330 e. The molecule has 0 aromatic heterocycles. The van der Waals surface area contributed by atoms with Crippen molar-refractivity contribution in [3.63, 3.8) is 0 Å². The fourth-order valence-corrected chi connectivity index (χ4v) is 1.88. The van der Waals surface area contributed by atoms with Crippen LogP contribution in [0.25, 0.3) is 0 Å². The van der Waals surface area contributed by atoms with Gasteiger partial charge in [-0.1, -0.05) is 30.3 Å². The van der Waals surface area contributed by atoms with E-state index in [4.69, 9.17) is 0 Å². The smallest absolute Gasteiger partial charge is 0.330 e. The summed E-state index contributed by atoms with van der Waals surface area (Å²) in [4.78, 5) is 24.9. The predicted octanol–water partition coefficient (Wildman–Crippen LogP) is 2.25. The van der Waals surface area contributed by atoms with Crippen LogP contribution in [0.5, 0.6) is 0 Å². The fraction of sp³-hybridized carbons (Fsp3) is 0.429. The van der Waals surface area contributed by atoms with Crippen LogP contribution in [-0.2, 0) is 4.79 Å². The summed E-state index contributed by atoms with van der Waals surface area (Å²) < 4.78 is 0. The van der Waals surface area contributed by atoms with E-state index < -0.39 is 12.0 Å². The lowest BCUT2D eigenvalue weighted by Gasteiger charge is -2.27. The number of nitrogens with zero attached hydrogens (tertiary/aromatic N) is 1. The molecule has 2 amide bonds. The van der Waals surface area contributed by atoms with Crippen molar-refractivity contribution < 1.29 is 14.7 Å². The van der Waals surface area contributed by atoms with Gasteiger partial charge in [-0.15, -0.1) is 0 Å². The highest BCUT2D eigenvalue weighted by Gasteiger charge is 2.24. The second-order valence-corrected chi connectivity index (χ2v) is 4.51. The van der Waals surface area contributed by atoms with Crippen LogP contribution in [0.15, 0.2) is 30.3 Å². The standard InChI is InChI=1S/C14H20N2O3/c1-4-16(10(2)3)14(19)15-12(13(17)18)11-8-6-5-7-9-11/h5-10,12H,4H2,1-3H3,(H,15,19)(H,17,18). The van der Waals surface area contributed by atoms with E-state index in [0.29, 0.717) is 12.1 Å². The molecule has 0 aliphatic rings. The van der Waals surface area contributed by atoms with Crippen molar-refractivity contribution in [3.8, 4) is 0 Å². The monoisotopic (exact) mass is 264 g/mol. The van der Waals surface area contributed by atoms with Gasteiger partial charge in [0.15, 0.2) is 6.04 Å². The second kappa shape index (κ2) is 6.78. The van der Waals surface area contributed by atoms with Gasteiger partial charge < -0.3 is 15.3 Å². The van der Waals surface area contributed by atoms with Gasteiger partial charge in [0.1, 0.15) is 0 Å². The average Bonchev–Trinajstić information content (AvgIpc) is 2.37. The molecule has 0 aliphatic heterocycles. The zero-order chi connectivity index (χ0) is 14.4. The van der Waals surface area contributed by atoms with Gasteiger partial charge in [-0.25, -0.2) is 9.59 Å². The SMILES string of the molecule is CCN(C(=O)NC(C(=O)O)c1ccccc1)C(C)C. The van der Waals surface area contributed by atoms with Crippen molar-refractivity contribution in [1.29, 1.82) is 0 Å². The summed E-state index contributed by atoms with van der Waals surface area (Å²) in [6.45, 7) is 6.17. The van der Waals surface area contributed by atoms with E-state index in [-0.39, 0.29) is 12.1 Å². The van der Waals surface area contributed by atoms with Crippen LogP contribution in [0.4, 0.5) is 4.79 Å². The lowest BCUT2D eigenvalue weighted by molar-refractivity contribution is -0.139. The van der Waals surface area contributed by atoms with Crippen molar-refractivity contribution >= 4 is 12.0 Å². The molecule has 0 aliphatic carbocycles. The van der Waals surface area contributed by atoms with E-state index in [9.17, 15) is 14.7 Å². The minimum Gasteiger partial charge on any atom is -0.479 e. The number of amides is 2. The van der Waals surface area contributed by atoms with Gasteiger partial charge in [0, 0.05) is 12.6 Å². The molecule has 1 rings (SSSR count). The highest BCUT2D eigenvalue weighted by Crippen LogP contribution is 2.13. The van der Waals surface area contributed by atoms with Gasteiger partial charge in [-0.2, -0.15) is 0 Å². The summed E-state index contributed by atoms with van der Waals surface area (Å²) in [5, 5.41) is 11.8. The largest absolute Gasteiger partial charge is 0.479 e. The van der Waals surface area contributed by atoms with Gasteiger partial charge in [-0.05, 0) is 26.3 Å². The number of carbonyl (C=O) groups excluding carboxylic acids is 1. The third kappa shape index (κ3) is 3.98. The molecule has 0 bridgehead atoms. The number of nitrogens with one attached hydrogen (secondary N) is 1. The molecule has 0 fully saturated rings. The first-order valence-electron chi connectivity index (χ1n) is 6.32. The van der Waals surface area contributed by atoms with Crippen LogP contribution < -0.4 is 5.32 Å². The van der Waals surface area contributed by atoms with E-state index in [0.717, 1.165) is 0 Å².